The maximum Gasteiger partial charge on any atom is 0.326 e. The van der Waals surface area contributed by atoms with Crippen molar-refractivity contribution < 1.29 is 51.7 Å². The van der Waals surface area contributed by atoms with Gasteiger partial charge >= 0.3 is 5.97 Å². The van der Waals surface area contributed by atoms with E-state index in [1.165, 1.54) is 12.1 Å². The average Bonchev–Trinajstić information content (AvgIpc) is 3.13. The molecule has 12 nitrogen and oxygen atoms in total. The van der Waals surface area contributed by atoms with Gasteiger partial charge in [0.05, 0.1) is 19.1 Å². The topological polar surface area (TPSA) is 200 Å². The van der Waals surface area contributed by atoms with Crippen LogP contribution in [0.15, 0.2) is 78.9 Å². The Hall–Kier alpha value is -6.29. The van der Waals surface area contributed by atoms with Crippen molar-refractivity contribution in [1.29, 1.82) is 0 Å². The standard InChI is InChI=1S/C40H41F4N5O7/c1-21(2)12-34(40(55)56)49-39(54)33(16-22-6-4-3-5-7-22)48-36(51)20-46-35(50)19-47-38(53)32(45)15-23-13-28(26-10-8-24(41)17-30(26)43)37(52)29(14-23)27-11-9-25(42)18-31(27)44/h3-11,13-14,17-18,21,32-34,52H,12,15-16,19-20,45H2,1-2H3,(H,46,50)(H,47,53)(H,48,51)(H,49,54)(H,55,56)/t32-,33-,34-/m0/s1. The summed E-state index contributed by atoms with van der Waals surface area (Å²) < 4.78 is 57.0. The van der Waals surface area contributed by atoms with Gasteiger partial charge in [-0.2, -0.15) is 0 Å². The van der Waals surface area contributed by atoms with Gasteiger partial charge in [-0.3, -0.25) is 19.2 Å². The summed E-state index contributed by atoms with van der Waals surface area (Å²) in [6, 6.07) is 12.6. The summed E-state index contributed by atoms with van der Waals surface area (Å²) in [5.41, 5.74) is 6.09. The molecule has 8 N–H and O–H groups in total. The fourth-order valence-electron chi connectivity index (χ4n) is 5.79. The van der Waals surface area contributed by atoms with Crippen molar-refractivity contribution in [3.05, 3.63) is 113 Å². The van der Waals surface area contributed by atoms with Crippen molar-refractivity contribution >= 4 is 29.6 Å². The average molecular weight is 780 g/mol. The summed E-state index contributed by atoms with van der Waals surface area (Å²) in [6.45, 7) is 2.36. The van der Waals surface area contributed by atoms with E-state index in [-0.39, 0.29) is 53.0 Å². The predicted octanol–water partition coefficient (Wildman–Crippen LogP) is 3.73. The predicted molar refractivity (Wildman–Crippen MR) is 198 cm³/mol. The van der Waals surface area contributed by atoms with E-state index in [0.29, 0.717) is 17.7 Å². The van der Waals surface area contributed by atoms with Gasteiger partial charge < -0.3 is 37.2 Å². The van der Waals surface area contributed by atoms with Crippen LogP contribution in [0, 0.1) is 29.2 Å². The maximum atomic E-state index is 14.8. The van der Waals surface area contributed by atoms with Gasteiger partial charge in [-0.15, -0.1) is 0 Å². The number of carbonyl (C=O) groups excluding carboxylic acids is 4. The Kier molecular flexibility index (Phi) is 14.7. The molecule has 0 spiro atoms. The minimum Gasteiger partial charge on any atom is -0.507 e. The van der Waals surface area contributed by atoms with E-state index < -0.39 is 89.8 Å². The minimum atomic E-state index is -1.35. The minimum absolute atomic E-state index is 0.0238. The number of carbonyl (C=O) groups is 5. The second-order valence-electron chi connectivity index (χ2n) is 13.4. The molecule has 16 heteroatoms. The van der Waals surface area contributed by atoms with Crippen LogP contribution in [0.1, 0.15) is 31.4 Å². The fraction of sp³-hybridized carbons (Fsp3) is 0.275. The van der Waals surface area contributed by atoms with E-state index in [9.17, 15) is 51.7 Å². The van der Waals surface area contributed by atoms with E-state index in [0.717, 1.165) is 24.3 Å². The van der Waals surface area contributed by atoms with Crippen molar-refractivity contribution in [2.24, 2.45) is 11.7 Å². The van der Waals surface area contributed by atoms with Gasteiger partial charge in [0, 0.05) is 40.8 Å². The molecule has 0 saturated heterocycles. The molecule has 0 saturated carbocycles. The van der Waals surface area contributed by atoms with E-state index in [2.05, 4.69) is 21.3 Å². The lowest BCUT2D eigenvalue weighted by Gasteiger charge is -2.22. The Balaban J connectivity index is 1.40. The van der Waals surface area contributed by atoms with Crippen LogP contribution >= 0.6 is 0 Å². The number of hydrogen-bond donors (Lipinski definition) is 7. The molecule has 4 aromatic rings. The van der Waals surface area contributed by atoms with E-state index in [4.69, 9.17) is 5.73 Å². The van der Waals surface area contributed by atoms with Gasteiger partial charge in [0.15, 0.2) is 0 Å². The first kappa shape index (κ1) is 42.5. The Morgan fingerprint density at radius 3 is 1.71 bits per heavy atom. The van der Waals surface area contributed by atoms with Crippen LogP contribution < -0.4 is 27.0 Å². The highest BCUT2D eigenvalue weighted by Crippen LogP contribution is 2.41. The first-order valence-corrected chi connectivity index (χ1v) is 17.5. The maximum absolute atomic E-state index is 14.8. The number of carboxylic acid groups (broad SMARTS) is 1. The number of aliphatic carboxylic acids is 1. The van der Waals surface area contributed by atoms with Crippen molar-refractivity contribution in [3.63, 3.8) is 0 Å². The van der Waals surface area contributed by atoms with Crippen molar-refractivity contribution in [3.8, 4) is 28.0 Å². The molecule has 0 fully saturated rings. The molecular weight excluding hydrogens is 738 g/mol. The molecule has 0 unspecified atom stereocenters. The normalized spacial score (nSPS) is 12.6. The molecule has 296 valence electrons. The molecular formula is C40H41F4N5O7. The second kappa shape index (κ2) is 19.3. The van der Waals surface area contributed by atoms with Gasteiger partial charge in [-0.1, -0.05) is 44.2 Å². The summed E-state index contributed by atoms with van der Waals surface area (Å²) in [6.07, 6.45) is -0.107. The van der Waals surface area contributed by atoms with Gasteiger partial charge in [0.25, 0.3) is 0 Å². The first-order chi connectivity index (χ1) is 26.5. The van der Waals surface area contributed by atoms with E-state index in [1.54, 1.807) is 44.2 Å². The van der Waals surface area contributed by atoms with E-state index in [1.807, 2.05) is 0 Å². The first-order valence-electron chi connectivity index (χ1n) is 17.5. The number of hydrogen-bond acceptors (Lipinski definition) is 7. The molecule has 4 amide bonds. The van der Waals surface area contributed by atoms with Crippen LogP contribution in [0.4, 0.5) is 17.6 Å². The smallest absolute Gasteiger partial charge is 0.326 e. The fourth-order valence-corrected chi connectivity index (χ4v) is 5.79. The molecule has 0 radical (unpaired) electrons. The number of halogens is 4. The lowest BCUT2D eigenvalue weighted by molar-refractivity contribution is -0.142. The SMILES string of the molecule is CC(C)C[C@H](NC(=O)[C@H](Cc1ccccc1)NC(=O)CNC(=O)CNC(=O)[C@@H](N)Cc1cc(-c2ccc(F)cc2F)c(O)c(-c2ccc(F)cc2F)c1)C(=O)O. The third kappa shape index (κ3) is 11.9. The third-order valence-electron chi connectivity index (χ3n) is 8.53. The number of carboxylic acids is 1. The number of benzene rings is 4. The lowest BCUT2D eigenvalue weighted by atomic mass is 9.92. The van der Waals surface area contributed by atoms with Gasteiger partial charge in [0.1, 0.15) is 41.1 Å². The number of rotatable bonds is 17. The van der Waals surface area contributed by atoms with Crippen molar-refractivity contribution in [2.45, 2.75) is 51.2 Å². The number of phenols is 1. The summed E-state index contributed by atoms with van der Waals surface area (Å²) in [5, 5.41) is 30.2. The number of nitrogens with two attached hydrogens (primary N) is 1. The Labute approximate surface area is 319 Å². The van der Waals surface area contributed by atoms with Crippen LogP contribution in [0.2, 0.25) is 0 Å². The molecule has 0 aliphatic rings. The quantitative estimate of drug-likeness (QED) is 0.0787. The molecule has 0 bridgehead atoms. The highest BCUT2D eigenvalue weighted by atomic mass is 19.1. The molecule has 0 aromatic heterocycles. The summed E-state index contributed by atoms with van der Waals surface area (Å²) in [7, 11) is 0. The van der Waals surface area contributed by atoms with Crippen LogP contribution in [-0.4, -0.2) is 71.0 Å². The summed E-state index contributed by atoms with van der Waals surface area (Å²) in [5.74, 6) is -8.91. The lowest BCUT2D eigenvalue weighted by Crippen LogP contribution is -2.54. The zero-order valence-corrected chi connectivity index (χ0v) is 30.4. The van der Waals surface area contributed by atoms with Gasteiger partial charge in [0.2, 0.25) is 23.6 Å². The van der Waals surface area contributed by atoms with Crippen molar-refractivity contribution in [2.75, 3.05) is 13.1 Å². The largest absolute Gasteiger partial charge is 0.507 e. The highest BCUT2D eigenvalue weighted by molar-refractivity contribution is 5.93. The van der Waals surface area contributed by atoms with Crippen LogP contribution in [-0.2, 0) is 36.8 Å². The molecule has 4 aromatic carbocycles. The summed E-state index contributed by atoms with van der Waals surface area (Å²) >= 11 is 0. The monoisotopic (exact) mass is 779 g/mol. The molecule has 4 rings (SSSR count). The number of phenolic OH excluding ortho intramolecular Hbond substituents is 1. The van der Waals surface area contributed by atoms with Crippen LogP contribution in [0.3, 0.4) is 0 Å². The number of nitrogens with one attached hydrogen (secondary N) is 4. The molecule has 0 aliphatic heterocycles. The molecule has 0 heterocycles. The second-order valence-corrected chi connectivity index (χ2v) is 13.4. The molecule has 3 atom stereocenters. The number of aromatic hydroxyl groups is 1. The zero-order chi connectivity index (χ0) is 41.1. The van der Waals surface area contributed by atoms with Crippen LogP contribution in [0.25, 0.3) is 22.3 Å². The molecule has 0 aliphatic carbocycles. The van der Waals surface area contributed by atoms with Crippen LogP contribution in [0.5, 0.6) is 5.75 Å². The third-order valence-corrected chi connectivity index (χ3v) is 8.53. The van der Waals surface area contributed by atoms with Gasteiger partial charge in [-0.05, 0) is 66.3 Å². The van der Waals surface area contributed by atoms with E-state index >= 15 is 0 Å². The summed E-state index contributed by atoms with van der Waals surface area (Å²) in [4.78, 5) is 63.2. The Morgan fingerprint density at radius 1 is 0.643 bits per heavy atom. The molecule has 56 heavy (non-hydrogen) atoms. The van der Waals surface area contributed by atoms with Crippen molar-refractivity contribution in [1.82, 2.24) is 21.3 Å². The zero-order valence-electron chi connectivity index (χ0n) is 30.4. The number of amides is 4. The Morgan fingerprint density at radius 2 is 1.20 bits per heavy atom. The highest BCUT2D eigenvalue weighted by Gasteiger charge is 2.28. The Bertz CT molecular complexity index is 2010. The van der Waals surface area contributed by atoms with Gasteiger partial charge in [-0.25, -0.2) is 22.4 Å².